The molecular weight excluding hydrogens is 252 g/mol. The minimum Gasteiger partial charge on any atom is -0.364 e. The Hall–Kier alpha value is -2.69. The molecule has 0 saturated heterocycles. The number of fused-ring (bicyclic) bond motifs is 1. The topological polar surface area (TPSA) is 84.7 Å². The molecule has 0 fully saturated rings. The van der Waals surface area contributed by atoms with Gasteiger partial charge in [0.1, 0.15) is 5.69 Å². The van der Waals surface area contributed by atoms with Gasteiger partial charge >= 0.3 is 0 Å². The van der Waals surface area contributed by atoms with Crippen LogP contribution in [0.2, 0.25) is 0 Å². The molecule has 2 aromatic heterocycles. The number of aromatic amines is 1. The van der Waals surface area contributed by atoms with Crippen molar-refractivity contribution in [3.05, 3.63) is 47.9 Å². The number of carbonyl (C=O) groups excluding carboxylic acids is 1. The first-order chi connectivity index (χ1) is 9.70. The molecule has 1 aromatic carbocycles. The Morgan fingerprint density at radius 1 is 1.35 bits per heavy atom. The maximum Gasteiger partial charge on any atom is 0.267 e. The number of primary amides is 1. The smallest absolute Gasteiger partial charge is 0.267 e. The number of aromatic nitrogens is 3. The highest BCUT2D eigenvalue weighted by Gasteiger charge is 2.14. The van der Waals surface area contributed by atoms with Crippen LogP contribution in [0.15, 0.2) is 36.7 Å². The van der Waals surface area contributed by atoms with Crippen LogP contribution in [0, 0.1) is 0 Å². The Morgan fingerprint density at radius 3 is 2.90 bits per heavy atom. The van der Waals surface area contributed by atoms with Gasteiger partial charge in [-0.1, -0.05) is 25.1 Å². The van der Waals surface area contributed by atoms with Crippen molar-refractivity contribution < 1.29 is 4.79 Å². The molecule has 1 amide bonds. The number of hydrogen-bond donors (Lipinski definition) is 2. The van der Waals surface area contributed by atoms with Gasteiger partial charge in [-0.05, 0) is 12.5 Å². The fraction of sp³-hybridized carbons (Fsp3) is 0.133. The van der Waals surface area contributed by atoms with Crippen LogP contribution in [-0.4, -0.2) is 20.9 Å². The predicted molar refractivity (Wildman–Crippen MR) is 77.2 cm³/mol. The fourth-order valence-electron chi connectivity index (χ4n) is 2.27. The summed E-state index contributed by atoms with van der Waals surface area (Å²) in [6.45, 7) is 1.94. The van der Waals surface area contributed by atoms with E-state index >= 15 is 0 Å². The summed E-state index contributed by atoms with van der Waals surface area (Å²) in [6, 6.07) is 7.88. The van der Waals surface area contributed by atoms with E-state index in [-0.39, 0.29) is 0 Å². The second-order valence-electron chi connectivity index (χ2n) is 4.53. The van der Waals surface area contributed by atoms with Gasteiger partial charge in [0.2, 0.25) is 0 Å². The Balaban J connectivity index is 2.20. The summed E-state index contributed by atoms with van der Waals surface area (Å²) in [7, 11) is 0. The molecule has 0 aliphatic carbocycles. The number of amides is 1. The lowest BCUT2D eigenvalue weighted by Crippen LogP contribution is -2.16. The summed E-state index contributed by atoms with van der Waals surface area (Å²) in [5.74, 6) is -0.0150. The minimum atomic E-state index is -0.523. The third-order valence-corrected chi connectivity index (χ3v) is 3.31. The molecule has 20 heavy (non-hydrogen) atoms. The highest BCUT2D eigenvalue weighted by Crippen LogP contribution is 2.26. The Bertz CT molecular complexity index is 791. The molecule has 0 atom stereocenters. The first kappa shape index (κ1) is 12.3. The van der Waals surface area contributed by atoms with Crippen LogP contribution in [0.3, 0.4) is 0 Å². The second kappa shape index (κ2) is 4.77. The van der Waals surface area contributed by atoms with Gasteiger partial charge in [0.15, 0.2) is 5.82 Å². The van der Waals surface area contributed by atoms with Crippen molar-refractivity contribution in [2.24, 2.45) is 5.73 Å². The number of rotatable bonds is 3. The van der Waals surface area contributed by atoms with Crippen LogP contribution in [0.1, 0.15) is 23.0 Å². The number of nitrogens with one attached hydrogen (secondary N) is 1. The van der Waals surface area contributed by atoms with E-state index < -0.39 is 5.91 Å². The number of aryl methyl sites for hydroxylation is 1. The Morgan fingerprint density at radius 2 is 2.15 bits per heavy atom. The van der Waals surface area contributed by atoms with Crippen molar-refractivity contribution in [3.8, 4) is 11.4 Å². The first-order valence-corrected chi connectivity index (χ1v) is 6.43. The van der Waals surface area contributed by atoms with Gasteiger partial charge in [-0.15, -0.1) is 0 Å². The molecule has 100 valence electrons. The third kappa shape index (κ3) is 1.93. The monoisotopic (exact) mass is 266 g/mol. The first-order valence-electron chi connectivity index (χ1n) is 6.43. The zero-order valence-electron chi connectivity index (χ0n) is 11.1. The molecule has 0 bridgehead atoms. The number of carbonyl (C=O) groups is 1. The SMILES string of the molecule is CCc1cnc(-c2c[nH]c3ccccc23)nc1C(N)=O. The van der Waals surface area contributed by atoms with Crippen molar-refractivity contribution in [3.63, 3.8) is 0 Å². The fourth-order valence-corrected chi connectivity index (χ4v) is 2.27. The summed E-state index contributed by atoms with van der Waals surface area (Å²) in [6.07, 6.45) is 4.19. The molecular formula is C15H14N4O. The molecule has 0 unspecified atom stereocenters. The zero-order chi connectivity index (χ0) is 14.1. The third-order valence-electron chi connectivity index (χ3n) is 3.31. The molecule has 0 radical (unpaired) electrons. The molecule has 3 N–H and O–H groups in total. The van der Waals surface area contributed by atoms with E-state index in [9.17, 15) is 4.79 Å². The van der Waals surface area contributed by atoms with Gasteiger partial charge in [0.25, 0.3) is 5.91 Å². The molecule has 0 saturated carbocycles. The molecule has 3 aromatic rings. The van der Waals surface area contributed by atoms with Gasteiger partial charge in [-0.2, -0.15) is 0 Å². The van der Waals surface area contributed by atoms with E-state index in [4.69, 9.17) is 5.73 Å². The van der Waals surface area contributed by atoms with Crippen LogP contribution >= 0.6 is 0 Å². The Kier molecular flexibility index (Phi) is 2.95. The average Bonchev–Trinajstić information content (AvgIpc) is 2.90. The van der Waals surface area contributed by atoms with Gasteiger partial charge in [-0.3, -0.25) is 4.79 Å². The molecule has 2 heterocycles. The van der Waals surface area contributed by atoms with Crippen molar-refractivity contribution in [2.45, 2.75) is 13.3 Å². The number of nitrogens with two attached hydrogens (primary N) is 1. The summed E-state index contributed by atoms with van der Waals surface area (Å²) >= 11 is 0. The number of para-hydroxylation sites is 1. The second-order valence-corrected chi connectivity index (χ2v) is 4.53. The molecule has 5 heteroatoms. The van der Waals surface area contributed by atoms with Crippen molar-refractivity contribution >= 4 is 16.8 Å². The van der Waals surface area contributed by atoms with E-state index in [2.05, 4.69) is 15.0 Å². The van der Waals surface area contributed by atoms with E-state index in [0.717, 1.165) is 22.0 Å². The van der Waals surface area contributed by atoms with Crippen LogP contribution in [0.4, 0.5) is 0 Å². The van der Waals surface area contributed by atoms with Crippen molar-refractivity contribution in [1.82, 2.24) is 15.0 Å². The number of benzene rings is 1. The van der Waals surface area contributed by atoms with E-state index in [1.54, 1.807) is 6.20 Å². The zero-order valence-corrected chi connectivity index (χ0v) is 11.1. The standard InChI is InChI=1S/C15H14N4O/c1-2-9-7-18-15(19-13(9)14(16)20)11-8-17-12-6-4-3-5-10(11)12/h3-8,17H,2H2,1H3,(H2,16,20). The largest absolute Gasteiger partial charge is 0.364 e. The van der Waals surface area contributed by atoms with Gasteiger partial charge in [0.05, 0.1) is 0 Å². The quantitative estimate of drug-likeness (QED) is 0.762. The molecule has 3 rings (SSSR count). The molecule has 0 spiro atoms. The Labute approximate surface area is 115 Å². The predicted octanol–water partition coefficient (Wildman–Crippen LogP) is 2.29. The van der Waals surface area contributed by atoms with Crippen LogP contribution < -0.4 is 5.73 Å². The maximum absolute atomic E-state index is 11.5. The van der Waals surface area contributed by atoms with Gasteiger partial charge in [0, 0.05) is 34.4 Å². The highest BCUT2D eigenvalue weighted by atomic mass is 16.1. The van der Waals surface area contributed by atoms with E-state index in [0.29, 0.717) is 17.9 Å². The number of H-pyrrole nitrogens is 1. The lowest BCUT2D eigenvalue weighted by molar-refractivity contribution is 0.0994. The molecule has 0 aliphatic heterocycles. The summed E-state index contributed by atoms with van der Waals surface area (Å²) < 4.78 is 0. The van der Waals surface area contributed by atoms with Gasteiger partial charge in [-0.25, -0.2) is 9.97 Å². The molecule has 0 aliphatic rings. The summed E-state index contributed by atoms with van der Waals surface area (Å²) in [4.78, 5) is 23.3. The van der Waals surface area contributed by atoms with Gasteiger partial charge < -0.3 is 10.7 Å². The normalized spacial score (nSPS) is 10.8. The van der Waals surface area contributed by atoms with Crippen molar-refractivity contribution in [1.29, 1.82) is 0 Å². The van der Waals surface area contributed by atoms with Crippen molar-refractivity contribution in [2.75, 3.05) is 0 Å². The lowest BCUT2D eigenvalue weighted by Gasteiger charge is -2.05. The average molecular weight is 266 g/mol. The maximum atomic E-state index is 11.5. The number of hydrogen-bond acceptors (Lipinski definition) is 3. The van der Waals surface area contributed by atoms with E-state index in [1.165, 1.54) is 0 Å². The van der Waals surface area contributed by atoms with E-state index in [1.807, 2.05) is 37.4 Å². The highest BCUT2D eigenvalue weighted by molar-refractivity contribution is 5.95. The van der Waals surface area contributed by atoms with Crippen LogP contribution in [0.5, 0.6) is 0 Å². The molecule has 5 nitrogen and oxygen atoms in total. The lowest BCUT2D eigenvalue weighted by atomic mass is 10.1. The summed E-state index contributed by atoms with van der Waals surface area (Å²) in [5.41, 5.74) is 8.32. The minimum absolute atomic E-state index is 0.294. The van der Waals surface area contributed by atoms with Crippen LogP contribution in [-0.2, 0) is 6.42 Å². The van der Waals surface area contributed by atoms with Crippen LogP contribution in [0.25, 0.3) is 22.3 Å². The number of nitrogens with zero attached hydrogens (tertiary/aromatic N) is 2. The summed E-state index contributed by atoms with van der Waals surface area (Å²) in [5, 5.41) is 1.02.